The Morgan fingerprint density at radius 1 is 1.43 bits per heavy atom. The molecule has 2 rings (SSSR count). The highest BCUT2D eigenvalue weighted by Gasteiger charge is 2.29. The number of aromatic nitrogens is 2. The van der Waals surface area contributed by atoms with Gasteiger partial charge in [-0.1, -0.05) is 0 Å². The van der Waals surface area contributed by atoms with Gasteiger partial charge in [0.1, 0.15) is 0 Å². The Kier molecular flexibility index (Phi) is 4.62. The van der Waals surface area contributed by atoms with Crippen molar-refractivity contribution < 1.29 is 19.4 Å². The maximum atomic E-state index is 12.5. The first-order chi connectivity index (χ1) is 9.90. The number of morpholine rings is 1. The lowest BCUT2D eigenvalue weighted by molar-refractivity contribution is -0.145. The summed E-state index contributed by atoms with van der Waals surface area (Å²) in [6.45, 7) is 4.98. The zero-order chi connectivity index (χ0) is 15.6. The first kappa shape index (κ1) is 15.5. The summed E-state index contributed by atoms with van der Waals surface area (Å²) in [5.41, 5.74) is 2.72. The van der Waals surface area contributed by atoms with Gasteiger partial charge >= 0.3 is 5.97 Å². The molecule has 1 saturated heterocycles. The molecular formula is C14H21N3O4. The molecule has 21 heavy (non-hydrogen) atoms. The van der Waals surface area contributed by atoms with Crippen LogP contribution in [0.4, 0.5) is 0 Å². The third-order valence-electron chi connectivity index (χ3n) is 3.95. The highest BCUT2D eigenvalue weighted by atomic mass is 16.5. The summed E-state index contributed by atoms with van der Waals surface area (Å²) >= 11 is 0. The van der Waals surface area contributed by atoms with E-state index in [9.17, 15) is 9.59 Å². The number of aryl methyl sites for hydroxylation is 2. The van der Waals surface area contributed by atoms with Gasteiger partial charge in [0.2, 0.25) is 5.91 Å². The maximum Gasteiger partial charge on any atom is 0.305 e. The second kappa shape index (κ2) is 6.26. The van der Waals surface area contributed by atoms with E-state index in [2.05, 4.69) is 5.10 Å². The van der Waals surface area contributed by atoms with Crippen LogP contribution in [0.1, 0.15) is 23.4 Å². The summed E-state index contributed by atoms with van der Waals surface area (Å²) in [5.74, 6) is -0.985. The molecule has 1 fully saturated rings. The number of hydrogen-bond donors (Lipinski definition) is 1. The third kappa shape index (κ3) is 3.41. The molecule has 7 heteroatoms. The average Bonchev–Trinajstić information content (AvgIpc) is 2.65. The number of ether oxygens (including phenoxy) is 1. The number of amides is 1. The van der Waals surface area contributed by atoms with Crippen molar-refractivity contribution in [3.63, 3.8) is 0 Å². The van der Waals surface area contributed by atoms with Crippen molar-refractivity contribution in [3.05, 3.63) is 17.0 Å². The predicted octanol–water partition coefficient (Wildman–Crippen LogP) is 0.282. The normalized spacial score (nSPS) is 18.8. The van der Waals surface area contributed by atoms with Crippen LogP contribution in [0.2, 0.25) is 0 Å². The van der Waals surface area contributed by atoms with Crippen molar-refractivity contribution in [3.8, 4) is 0 Å². The standard InChI is InChI=1S/C14H21N3O4/c1-9-12(10(2)16(3)15-9)7-13(18)17-4-5-21-8-11(17)6-14(19)20/h11H,4-8H2,1-3H3,(H,19,20). The zero-order valence-corrected chi connectivity index (χ0v) is 12.6. The van der Waals surface area contributed by atoms with Crippen molar-refractivity contribution in [2.24, 2.45) is 7.05 Å². The summed E-state index contributed by atoms with van der Waals surface area (Å²) in [5, 5.41) is 13.2. The molecule has 1 atom stereocenters. The molecule has 0 saturated carbocycles. The van der Waals surface area contributed by atoms with E-state index in [-0.39, 0.29) is 31.4 Å². The van der Waals surface area contributed by atoms with Crippen molar-refractivity contribution >= 4 is 11.9 Å². The van der Waals surface area contributed by atoms with E-state index in [1.54, 1.807) is 9.58 Å². The summed E-state index contributed by atoms with van der Waals surface area (Å²) in [7, 11) is 1.85. The smallest absolute Gasteiger partial charge is 0.305 e. The lowest BCUT2D eigenvalue weighted by Gasteiger charge is -2.35. The number of carboxylic acid groups (broad SMARTS) is 1. The first-order valence-corrected chi connectivity index (χ1v) is 6.98. The number of rotatable bonds is 4. The first-order valence-electron chi connectivity index (χ1n) is 6.98. The Morgan fingerprint density at radius 3 is 2.71 bits per heavy atom. The van der Waals surface area contributed by atoms with Gasteiger partial charge in [0.05, 0.1) is 37.8 Å². The van der Waals surface area contributed by atoms with Crippen LogP contribution in [0.15, 0.2) is 0 Å². The van der Waals surface area contributed by atoms with Gasteiger partial charge in [-0.2, -0.15) is 5.10 Å². The van der Waals surface area contributed by atoms with E-state index in [4.69, 9.17) is 9.84 Å². The Balaban J connectivity index is 2.12. The molecule has 1 aromatic heterocycles. The Labute approximate surface area is 123 Å². The molecule has 1 unspecified atom stereocenters. The van der Waals surface area contributed by atoms with Gasteiger partial charge in [0.25, 0.3) is 0 Å². The largest absolute Gasteiger partial charge is 0.481 e. The van der Waals surface area contributed by atoms with E-state index in [1.807, 2.05) is 20.9 Å². The number of nitrogens with zero attached hydrogens (tertiary/aromatic N) is 3. The van der Waals surface area contributed by atoms with Crippen LogP contribution in [0.3, 0.4) is 0 Å². The van der Waals surface area contributed by atoms with Crippen LogP contribution in [0.5, 0.6) is 0 Å². The summed E-state index contributed by atoms with van der Waals surface area (Å²) in [6, 6.07) is -0.388. The highest BCUT2D eigenvalue weighted by Crippen LogP contribution is 2.17. The monoisotopic (exact) mass is 295 g/mol. The van der Waals surface area contributed by atoms with E-state index >= 15 is 0 Å². The van der Waals surface area contributed by atoms with Crippen LogP contribution in [0.25, 0.3) is 0 Å². The van der Waals surface area contributed by atoms with Gasteiger partial charge in [-0.25, -0.2) is 0 Å². The van der Waals surface area contributed by atoms with E-state index in [1.165, 1.54) is 0 Å². The maximum absolute atomic E-state index is 12.5. The lowest BCUT2D eigenvalue weighted by atomic mass is 10.1. The fraction of sp³-hybridized carbons (Fsp3) is 0.643. The number of carbonyl (C=O) groups excluding carboxylic acids is 1. The quantitative estimate of drug-likeness (QED) is 0.862. The van der Waals surface area contributed by atoms with Crippen LogP contribution in [0, 0.1) is 13.8 Å². The van der Waals surface area contributed by atoms with Crippen molar-refractivity contribution in [2.45, 2.75) is 32.7 Å². The molecular weight excluding hydrogens is 274 g/mol. The Bertz CT molecular complexity index is 553. The summed E-state index contributed by atoms with van der Waals surface area (Å²) in [6.07, 6.45) is 0.165. The third-order valence-corrected chi connectivity index (χ3v) is 3.95. The van der Waals surface area contributed by atoms with Gasteiger partial charge in [-0.05, 0) is 13.8 Å². The van der Waals surface area contributed by atoms with E-state index in [0.29, 0.717) is 13.2 Å². The SMILES string of the molecule is Cc1nn(C)c(C)c1CC(=O)N1CCOCC1CC(=O)O. The molecule has 0 spiro atoms. The number of hydrogen-bond acceptors (Lipinski definition) is 4. The molecule has 1 N–H and O–H groups in total. The number of carbonyl (C=O) groups is 2. The van der Waals surface area contributed by atoms with Crippen LogP contribution >= 0.6 is 0 Å². The second-order valence-corrected chi connectivity index (χ2v) is 5.36. The molecule has 1 aliphatic heterocycles. The topological polar surface area (TPSA) is 84.7 Å². The molecule has 1 amide bonds. The molecule has 7 nitrogen and oxygen atoms in total. The highest BCUT2D eigenvalue weighted by molar-refractivity contribution is 5.80. The molecule has 0 aromatic carbocycles. The van der Waals surface area contributed by atoms with Crippen molar-refractivity contribution in [2.75, 3.05) is 19.8 Å². The van der Waals surface area contributed by atoms with Gasteiger partial charge in [0.15, 0.2) is 0 Å². The van der Waals surface area contributed by atoms with Gasteiger partial charge in [-0.3, -0.25) is 14.3 Å². The minimum absolute atomic E-state index is 0.0660. The Morgan fingerprint density at radius 2 is 2.14 bits per heavy atom. The Hall–Kier alpha value is -1.89. The zero-order valence-electron chi connectivity index (χ0n) is 12.6. The molecule has 116 valence electrons. The minimum Gasteiger partial charge on any atom is -0.481 e. The summed E-state index contributed by atoms with van der Waals surface area (Å²) in [4.78, 5) is 25.0. The fourth-order valence-corrected chi connectivity index (χ4v) is 2.68. The van der Waals surface area contributed by atoms with Gasteiger partial charge in [0, 0.05) is 24.8 Å². The van der Waals surface area contributed by atoms with Gasteiger partial charge < -0.3 is 14.7 Å². The van der Waals surface area contributed by atoms with Crippen molar-refractivity contribution in [1.29, 1.82) is 0 Å². The van der Waals surface area contributed by atoms with Crippen LogP contribution in [-0.2, 0) is 27.8 Å². The molecule has 1 aliphatic rings. The lowest BCUT2D eigenvalue weighted by Crippen LogP contribution is -2.50. The molecule has 1 aromatic rings. The predicted molar refractivity (Wildman–Crippen MR) is 75.0 cm³/mol. The van der Waals surface area contributed by atoms with Crippen molar-refractivity contribution in [1.82, 2.24) is 14.7 Å². The minimum atomic E-state index is -0.919. The molecule has 0 bridgehead atoms. The molecule has 0 aliphatic carbocycles. The number of aliphatic carboxylic acids is 1. The van der Waals surface area contributed by atoms with Crippen LogP contribution in [-0.4, -0.2) is 57.5 Å². The summed E-state index contributed by atoms with van der Waals surface area (Å²) < 4.78 is 7.05. The van der Waals surface area contributed by atoms with E-state index < -0.39 is 5.97 Å². The van der Waals surface area contributed by atoms with Gasteiger partial charge in [-0.15, -0.1) is 0 Å². The average molecular weight is 295 g/mol. The van der Waals surface area contributed by atoms with Crippen LogP contribution < -0.4 is 0 Å². The molecule has 0 radical (unpaired) electrons. The fourth-order valence-electron chi connectivity index (χ4n) is 2.68. The number of carboxylic acids is 1. The van der Waals surface area contributed by atoms with E-state index in [0.717, 1.165) is 17.0 Å². The molecule has 2 heterocycles. The second-order valence-electron chi connectivity index (χ2n) is 5.36.